The maximum absolute atomic E-state index is 4.95. The van der Waals surface area contributed by atoms with E-state index in [-0.39, 0.29) is 0 Å². The number of nitrogens with one attached hydrogen (secondary N) is 2. The van der Waals surface area contributed by atoms with E-state index >= 15 is 0 Å². The molecule has 0 bridgehead atoms. The molecule has 0 saturated heterocycles. The highest BCUT2D eigenvalue weighted by Crippen LogP contribution is 2.11. The maximum Gasteiger partial charge on any atom is 0.186 e. The van der Waals surface area contributed by atoms with Gasteiger partial charge in [-0.05, 0) is 38.6 Å². The molecule has 0 aliphatic rings. The minimum absolute atomic E-state index is 0.518. The number of benzene rings is 1. The van der Waals surface area contributed by atoms with E-state index in [0.717, 1.165) is 11.3 Å². The summed E-state index contributed by atoms with van der Waals surface area (Å²) in [7, 11) is 1.76. The van der Waals surface area contributed by atoms with Gasteiger partial charge < -0.3 is 5.32 Å². The first-order chi connectivity index (χ1) is 7.54. The van der Waals surface area contributed by atoms with Crippen molar-refractivity contribution in [2.75, 3.05) is 7.05 Å². The van der Waals surface area contributed by atoms with Gasteiger partial charge in [0.05, 0.1) is 5.71 Å². The Morgan fingerprint density at radius 2 is 2.00 bits per heavy atom. The molecule has 16 heavy (non-hydrogen) atoms. The summed E-state index contributed by atoms with van der Waals surface area (Å²) in [6.45, 7) is 6.12. The number of hydrogen-bond acceptors (Lipinski definition) is 2. The van der Waals surface area contributed by atoms with Crippen molar-refractivity contribution in [3.05, 3.63) is 34.9 Å². The molecule has 0 aromatic heterocycles. The molecule has 0 saturated carbocycles. The van der Waals surface area contributed by atoms with Gasteiger partial charge in [-0.1, -0.05) is 23.8 Å². The first kappa shape index (κ1) is 12.6. The molecule has 4 heteroatoms. The van der Waals surface area contributed by atoms with Crippen molar-refractivity contribution in [1.82, 2.24) is 10.7 Å². The van der Waals surface area contributed by atoms with E-state index in [4.69, 9.17) is 12.2 Å². The fourth-order valence-corrected chi connectivity index (χ4v) is 1.52. The minimum Gasteiger partial charge on any atom is -0.364 e. The lowest BCUT2D eigenvalue weighted by Gasteiger charge is -2.07. The van der Waals surface area contributed by atoms with Crippen LogP contribution in [-0.4, -0.2) is 17.9 Å². The van der Waals surface area contributed by atoms with Gasteiger partial charge >= 0.3 is 0 Å². The summed E-state index contributed by atoms with van der Waals surface area (Å²) in [5.74, 6) is 0. The van der Waals surface area contributed by atoms with Crippen molar-refractivity contribution in [2.45, 2.75) is 20.8 Å². The standard InChI is InChI=1S/C12H17N3S/c1-8-5-6-11(9(2)7-8)10(3)14-15-12(16)13-4/h5-7H,1-4H3,(H2,13,15,16)/b14-10-. The first-order valence-corrected chi connectivity index (χ1v) is 5.55. The molecule has 1 aromatic rings. The summed E-state index contributed by atoms with van der Waals surface area (Å²) >= 11 is 4.95. The Labute approximate surface area is 102 Å². The number of thiocarbonyl (C=S) groups is 1. The van der Waals surface area contributed by atoms with Crippen molar-refractivity contribution in [3.63, 3.8) is 0 Å². The van der Waals surface area contributed by atoms with Crippen molar-refractivity contribution in [2.24, 2.45) is 5.10 Å². The molecule has 2 N–H and O–H groups in total. The lowest BCUT2D eigenvalue weighted by molar-refractivity contribution is 0.973. The number of aryl methyl sites for hydroxylation is 2. The summed E-state index contributed by atoms with van der Waals surface area (Å²) in [6, 6.07) is 6.30. The monoisotopic (exact) mass is 235 g/mol. The number of nitrogens with zero attached hydrogens (tertiary/aromatic N) is 1. The van der Waals surface area contributed by atoms with E-state index in [9.17, 15) is 0 Å². The topological polar surface area (TPSA) is 36.4 Å². The van der Waals surface area contributed by atoms with Gasteiger partial charge in [0.2, 0.25) is 0 Å². The molecule has 0 aliphatic carbocycles. The summed E-state index contributed by atoms with van der Waals surface area (Å²) in [4.78, 5) is 0. The van der Waals surface area contributed by atoms with Crippen LogP contribution in [0, 0.1) is 13.8 Å². The van der Waals surface area contributed by atoms with E-state index in [2.05, 4.69) is 47.9 Å². The molecule has 0 radical (unpaired) electrons. The Balaban J connectivity index is 2.87. The lowest BCUT2D eigenvalue weighted by Crippen LogP contribution is -2.29. The molecule has 0 heterocycles. The second-order valence-corrected chi connectivity index (χ2v) is 4.11. The van der Waals surface area contributed by atoms with Gasteiger partial charge in [0, 0.05) is 12.6 Å². The molecule has 0 fully saturated rings. The highest BCUT2D eigenvalue weighted by molar-refractivity contribution is 7.80. The van der Waals surface area contributed by atoms with Crippen LogP contribution >= 0.6 is 12.2 Å². The van der Waals surface area contributed by atoms with Gasteiger partial charge in [-0.25, -0.2) is 0 Å². The molecule has 3 nitrogen and oxygen atoms in total. The fourth-order valence-electron chi connectivity index (χ4n) is 1.47. The molecule has 0 spiro atoms. The lowest BCUT2D eigenvalue weighted by atomic mass is 10.0. The van der Waals surface area contributed by atoms with Crippen molar-refractivity contribution >= 4 is 23.0 Å². The molecular formula is C12H17N3S. The van der Waals surface area contributed by atoms with E-state index in [1.807, 2.05) is 6.92 Å². The molecule has 86 valence electrons. The second kappa shape index (κ2) is 5.61. The van der Waals surface area contributed by atoms with Crippen LogP contribution in [0.5, 0.6) is 0 Å². The van der Waals surface area contributed by atoms with E-state index < -0.39 is 0 Å². The van der Waals surface area contributed by atoms with E-state index in [0.29, 0.717) is 5.11 Å². The third kappa shape index (κ3) is 3.31. The van der Waals surface area contributed by atoms with Gasteiger partial charge in [-0.2, -0.15) is 5.10 Å². The van der Waals surface area contributed by atoms with Crippen molar-refractivity contribution < 1.29 is 0 Å². The minimum atomic E-state index is 0.518. The molecule has 0 unspecified atom stereocenters. The number of hydrogen-bond donors (Lipinski definition) is 2. The quantitative estimate of drug-likeness (QED) is 0.468. The molecule has 0 amide bonds. The molecule has 1 aromatic carbocycles. The van der Waals surface area contributed by atoms with Crippen LogP contribution in [0.3, 0.4) is 0 Å². The summed E-state index contributed by atoms with van der Waals surface area (Å²) in [5.41, 5.74) is 7.32. The first-order valence-electron chi connectivity index (χ1n) is 5.14. The highest BCUT2D eigenvalue weighted by atomic mass is 32.1. The summed E-state index contributed by atoms with van der Waals surface area (Å²) in [5, 5.41) is 7.55. The third-order valence-corrected chi connectivity index (χ3v) is 2.62. The zero-order chi connectivity index (χ0) is 12.1. The van der Waals surface area contributed by atoms with E-state index in [1.165, 1.54) is 11.1 Å². The third-order valence-electron chi connectivity index (χ3n) is 2.32. The SMILES string of the molecule is CNC(=S)N/N=C(/C)c1ccc(C)cc1C. The Morgan fingerprint density at radius 1 is 1.31 bits per heavy atom. The second-order valence-electron chi connectivity index (χ2n) is 3.71. The highest BCUT2D eigenvalue weighted by Gasteiger charge is 2.02. The van der Waals surface area contributed by atoms with Gasteiger partial charge in [0.25, 0.3) is 0 Å². The fraction of sp³-hybridized carbons (Fsp3) is 0.333. The average Bonchev–Trinajstić information content (AvgIpc) is 2.25. The molecule has 0 aliphatic heterocycles. The van der Waals surface area contributed by atoms with Crippen LogP contribution < -0.4 is 10.7 Å². The van der Waals surface area contributed by atoms with Crippen LogP contribution in [0.1, 0.15) is 23.6 Å². The molecule has 0 atom stereocenters. The Bertz CT molecular complexity index is 424. The normalized spacial score (nSPS) is 11.1. The zero-order valence-corrected chi connectivity index (χ0v) is 10.9. The average molecular weight is 235 g/mol. The Morgan fingerprint density at radius 3 is 2.56 bits per heavy atom. The number of hydrazone groups is 1. The zero-order valence-electron chi connectivity index (χ0n) is 10.1. The van der Waals surface area contributed by atoms with E-state index in [1.54, 1.807) is 7.05 Å². The van der Waals surface area contributed by atoms with Crippen LogP contribution in [0.15, 0.2) is 23.3 Å². The van der Waals surface area contributed by atoms with Crippen LogP contribution in [0.25, 0.3) is 0 Å². The van der Waals surface area contributed by atoms with Gasteiger partial charge in [-0.3, -0.25) is 5.43 Å². The Kier molecular flexibility index (Phi) is 4.43. The predicted octanol–water partition coefficient (Wildman–Crippen LogP) is 2.12. The summed E-state index contributed by atoms with van der Waals surface area (Å²) < 4.78 is 0. The Hall–Kier alpha value is -1.42. The van der Waals surface area contributed by atoms with Crippen LogP contribution in [0.2, 0.25) is 0 Å². The summed E-state index contributed by atoms with van der Waals surface area (Å²) in [6.07, 6.45) is 0. The van der Waals surface area contributed by atoms with Gasteiger partial charge in [-0.15, -0.1) is 0 Å². The van der Waals surface area contributed by atoms with Crippen LogP contribution in [0.4, 0.5) is 0 Å². The van der Waals surface area contributed by atoms with Gasteiger partial charge in [0.15, 0.2) is 5.11 Å². The largest absolute Gasteiger partial charge is 0.364 e. The molecule has 1 rings (SSSR count). The predicted molar refractivity (Wildman–Crippen MR) is 72.9 cm³/mol. The van der Waals surface area contributed by atoms with Crippen molar-refractivity contribution in [1.29, 1.82) is 0 Å². The van der Waals surface area contributed by atoms with Gasteiger partial charge in [0.1, 0.15) is 0 Å². The maximum atomic E-state index is 4.95. The number of rotatable bonds is 2. The smallest absolute Gasteiger partial charge is 0.186 e. The molecular weight excluding hydrogens is 218 g/mol. The van der Waals surface area contributed by atoms with Crippen LogP contribution in [-0.2, 0) is 0 Å². The van der Waals surface area contributed by atoms with Crippen molar-refractivity contribution in [3.8, 4) is 0 Å².